The lowest BCUT2D eigenvalue weighted by molar-refractivity contribution is -0.333. The van der Waals surface area contributed by atoms with E-state index in [2.05, 4.69) is 0 Å². The van der Waals surface area contributed by atoms with Crippen LogP contribution >= 0.6 is 0 Å². The maximum Gasteiger partial charge on any atom is 0.295 e. The fraction of sp³-hybridized carbons (Fsp3) is 0.375. The van der Waals surface area contributed by atoms with E-state index in [1.807, 2.05) is 6.07 Å². The first-order chi connectivity index (χ1) is 6.18. The maximum atomic E-state index is 9.43. The predicted octanol–water partition coefficient (Wildman–Crippen LogP) is 0.601. The fourth-order valence-corrected chi connectivity index (χ4v) is 1.01. The number of ether oxygens (including phenoxy) is 2. The van der Waals surface area contributed by atoms with Gasteiger partial charge in [-0.2, -0.15) is 5.26 Å². The van der Waals surface area contributed by atoms with Crippen molar-refractivity contribution in [3.8, 4) is 6.07 Å². The number of nitrogens with zero attached hydrogens (tertiary/aromatic N) is 2. The van der Waals surface area contributed by atoms with E-state index in [0.717, 1.165) is 0 Å². The standard InChI is InChI=1S/C8H10N2O3/c1-12-8(13-2)4-3-7(5-9)6-10(8)11/h3-4,6,11H,1-2H3. The minimum atomic E-state index is -1.32. The van der Waals surface area contributed by atoms with E-state index in [9.17, 15) is 5.21 Å². The summed E-state index contributed by atoms with van der Waals surface area (Å²) in [5.74, 6) is -1.32. The van der Waals surface area contributed by atoms with Gasteiger partial charge in [-0.25, -0.2) is 5.06 Å². The third kappa shape index (κ3) is 1.55. The summed E-state index contributed by atoms with van der Waals surface area (Å²) in [6.07, 6.45) is 4.19. The van der Waals surface area contributed by atoms with E-state index in [0.29, 0.717) is 10.6 Å². The van der Waals surface area contributed by atoms with Crippen molar-refractivity contribution in [2.75, 3.05) is 14.2 Å². The summed E-state index contributed by atoms with van der Waals surface area (Å²) in [5, 5.41) is 18.7. The van der Waals surface area contributed by atoms with Crippen LogP contribution in [0, 0.1) is 11.3 Å². The van der Waals surface area contributed by atoms with Gasteiger partial charge in [-0.15, -0.1) is 0 Å². The van der Waals surface area contributed by atoms with Gasteiger partial charge >= 0.3 is 0 Å². The molecule has 0 bridgehead atoms. The molecule has 1 N–H and O–H groups in total. The molecule has 13 heavy (non-hydrogen) atoms. The van der Waals surface area contributed by atoms with Crippen molar-refractivity contribution in [1.82, 2.24) is 5.06 Å². The number of methoxy groups -OCH3 is 2. The average Bonchev–Trinajstić information content (AvgIpc) is 2.18. The van der Waals surface area contributed by atoms with E-state index in [1.165, 1.54) is 32.6 Å². The molecule has 5 heteroatoms. The van der Waals surface area contributed by atoms with Crippen LogP contribution in [-0.2, 0) is 9.47 Å². The Balaban J connectivity index is 2.94. The highest BCUT2D eigenvalue weighted by Crippen LogP contribution is 2.23. The summed E-state index contributed by atoms with van der Waals surface area (Å²) < 4.78 is 9.89. The first-order valence-electron chi connectivity index (χ1n) is 3.58. The highest BCUT2D eigenvalue weighted by molar-refractivity contribution is 5.35. The molecule has 0 fully saturated rings. The Bertz CT molecular complexity index is 286. The van der Waals surface area contributed by atoms with Gasteiger partial charge in [0.2, 0.25) is 0 Å². The predicted molar refractivity (Wildman–Crippen MR) is 43.2 cm³/mol. The summed E-state index contributed by atoms with van der Waals surface area (Å²) in [6, 6.07) is 1.88. The second-order valence-corrected chi connectivity index (χ2v) is 2.41. The minimum absolute atomic E-state index is 0.326. The molecule has 0 saturated heterocycles. The molecule has 0 unspecified atom stereocenters. The molecule has 0 atom stereocenters. The quantitative estimate of drug-likeness (QED) is 0.633. The smallest absolute Gasteiger partial charge is 0.295 e. The Morgan fingerprint density at radius 1 is 1.54 bits per heavy atom. The van der Waals surface area contributed by atoms with Crippen molar-refractivity contribution in [2.45, 2.75) is 5.91 Å². The third-order valence-corrected chi connectivity index (χ3v) is 1.77. The lowest BCUT2D eigenvalue weighted by Gasteiger charge is -2.35. The van der Waals surface area contributed by atoms with Gasteiger partial charge < -0.3 is 9.47 Å². The molecule has 1 heterocycles. The Morgan fingerprint density at radius 2 is 2.15 bits per heavy atom. The van der Waals surface area contributed by atoms with Crippen molar-refractivity contribution in [2.24, 2.45) is 0 Å². The van der Waals surface area contributed by atoms with Gasteiger partial charge in [0, 0.05) is 20.3 Å². The Labute approximate surface area is 76.0 Å². The van der Waals surface area contributed by atoms with Gasteiger partial charge in [-0.1, -0.05) is 0 Å². The van der Waals surface area contributed by atoms with Crippen LogP contribution in [0.15, 0.2) is 23.9 Å². The van der Waals surface area contributed by atoms with Crippen LogP contribution in [0.1, 0.15) is 0 Å². The zero-order valence-corrected chi connectivity index (χ0v) is 7.39. The van der Waals surface area contributed by atoms with E-state index in [4.69, 9.17) is 14.7 Å². The molecule has 1 rings (SSSR count). The first-order valence-corrected chi connectivity index (χ1v) is 3.58. The van der Waals surface area contributed by atoms with E-state index in [-0.39, 0.29) is 0 Å². The summed E-state index contributed by atoms with van der Waals surface area (Å²) in [6.45, 7) is 0. The van der Waals surface area contributed by atoms with E-state index in [1.54, 1.807) is 0 Å². The van der Waals surface area contributed by atoms with E-state index >= 15 is 0 Å². The van der Waals surface area contributed by atoms with Gasteiger partial charge in [0.1, 0.15) is 6.07 Å². The van der Waals surface area contributed by atoms with Crippen molar-refractivity contribution < 1.29 is 14.7 Å². The zero-order valence-electron chi connectivity index (χ0n) is 7.39. The second-order valence-electron chi connectivity index (χ2n) is 2.41. The summed E-state index contributed by atoms with van der Waals surface area (Å²) >= 11 is 0. The normalized spacial score (nSPS) is 19.5. The number of nitriles is 1. The van der Waals surface area contributed by atoms with Crippen molar-refractivity contribution in [3.05, 3.63) is 23.9 Å². The number of hydrogen-bond acceptors (Lipinski definition) is 5. The van der Waals surface area contributed by atoms with Crippen molar-refractivity contribution >= 4 is 0 Å². The Kier molecular flexibility index (Phi) is 2.68. The van der Waals surface area contributed by atoms with Gasteiger partial charge in [-0.05, 0) is 6.08 Å². The van der Waals surface area contributed by atoms with Crippen LogP contribution in [0.4, 0.5) is 0 Å². The molecule has 5 nitrogen and oxygen atoms in total. The molecule has 0 saturated carbocycles. The molecule has 1 aliphatic rings. The van der Waals surface area contributed by atoms with Gasteiger partial charge in [0.05, 0.1) is 11.8 Å². The first kappa shape index (κ1) is 9.74. The molecule has 0 aromatic rings. The number of allylic oxidation sites excluding steroid dienone is 2. The number of hydroxylamine groups is 2. The van der Waals surface area contributed by atoms with Crippen LogP contribution in [0.25, 0.3) is 0 Å². The molecular formula is C8H10N2O3. The zero-order chi connectivity index (χ0) is 9.90. The average molecular weight is 182 g/mol. The topological polar surface area (TPSA) is 65.7 Å². The summed E-state index contributed by atoms with van der Waals surface area (Å²) in [4.78, 5) is 0. The lowest BCUT2D eigenvalue weighted by Crippen LogP contribution is -2.47. The number of hydrogen-bond donors (Lipinski definition) is 1. The molecule has 0 radical (unpaired) electrons. The molecule has 0 aromatic carbocycles. The van der Waals surface area contributed by atoms with E-state index < -0.39 is 5.91 Å². The van der Waals surface area contributed by atoms with Crippen LogP contribution in [0.3, 0.4) is 0 Å². The lowest BCUT2D eigenvalue weighted by atomic mass is 10.2. The molecule has 0 aliphatic carbocycles. The highest BCUT2D eigenvalue weighted by Gasteiger charge is 2.34. The molecule has 70 valence electrons. The van der Waals surface area contributed by atoms with Crippen LogP contribution in [-0.4, -0.2) is 30.4 Å². The van der Waals surface area contributed by atoms with Gasteiger partial charge in [0.25, 0.3) is 5.91 Å². The van der Waals surface area contributed by atoms with Crippen LogP contribution < -0.4 is 0 Å². The van der Waals surface area contributed by atoms with Crippen LogP contribution in [0.2, 0.25) is 0 Å². The minimum Gasteiger partial charge on any atom is -0.331 e. The van der Waals surface area contributed by atoms with Gasteiger partial charge in [-0.3, -0.25) is 5.21 Å². The van der Waals surface area contributed by atoms with Crippen LogP contribution in [0.5, 0.6) is 0 Å². The molecule has 0 aromatic heterocycles. The largest absolute Gasteiger partial charge is 0.331 e. The summed E-state index contributed by atoms with van der Waals surface area (Å²) in [7, 11) is 2.78. The monoisotopic (exact) mass is 182 g/mol. The summed E-state index contributed by atoms with van der Waals surface area (Å²) in [5.41, 5.74) is 0.326. The second kappa shape index (κ2) is 3.58. The maximum absolute atomic E-state index is 9.43. The molecule has 1 aliphatic heterocycles. The van der Waals surface area contributed by atoms with Crippen molar-refractivity contribution in [3.63, 3.8) is 0 Å². The SMILES string of the molecule is COC1(OC)C=CC(C#N)=CN1O. The fourth-order valence-electron chi connectivity index (χ4n) is 1.01. The number of rotatable bonds is 2. The van der Waals surface area contributed by atoms with Crippen molar-refractivity contribution in [1.29, 1.82) is 5.26 Å². The Hall–Kier alpha value is -1.35. The molecule has 0 spiro atoms. The highest BCUT2D eigenvalue weighted by atomic mass is 16.8. The third-order valence-electron chi connectivity index (χ3n) is 1.77. The van der Waals surface area contributed by atoms with Gasteiger partial charge in [0.15, 0.2) is 0 Å². The molecule has 0 amide bonds. The Morgan fingerprint density at radius 3 is 2.54 bits per heavy atom. The molecular weight excluding hydrogens is 172 g/mol.